The molecule has 1 aliphatic rings. The van der Waals surface area contributed by atoms with Gasteiger partial charge in [0.1, 0.15) is 0 Å². The molecule has 0 saturated carbocycles. The third kappa shape index (κ3) is 1.47. The highest BCUT2D eigenvalue weighted by Gasteiger charge is 2.34. The number of benzene rings is 1. The number of nitro benzene ring substituents is 1. The molecule has 1 aromatic carbocycles. The Kier molecular flexibility index (Phi) is 2.24. The molecule has 1 aromatic rings. The highest BCUT2D eigenvalue weighted by atomic mass is 16.6. The van der Waals surface area contributed by atoms with Crippen LogP contribution in [0.4, 0.5) is 11.4 Å². The van der Waals surface area contributed by atoms with Crippen LogP contribution in [0.3, 0.4) is 0 Å². The Morgan fingerprint density at radius 2 is 2.19 bits per heavy atom. The molecule has 0 radical (unpaired) electrons. The van der Waals surface area contributed by atoms with E-state index in [9.17, 15) is 14.9 Å². The molecular weight excluding hydrogens is 212 g/mol. The number of amides is 1. The molecular formula is C9H10N4O3. The van der Waals surface area contributed by atoms with E-state index in [4.69, 9.17) is 11.5 Å². The molecule has 2 rings (SSSR count). The van der Waals surface area contributed by atoms with Crippen LogP contribution in [0.25, 0.3) is 0 Å². The third-order valence-corrected chi connectivity index (χ3v) is 2.57. The van der Waals surface area contributed by atoms with E-state index in [1.54, 1.807) is 0 Å². The van der Waals surface area contributed by atoms with Crippen LogP contribution in [0.5, 0.6) is 0 Å². The fourth-order valence-corrected chi connectivity index (χ4v) is 1.84. The number of nitrogens with zero attached hydrogens (tertiary/aromatic N) is 1. The first-order chi connectivity index (χ1) is 7.50. The number of hydrogen-bond acceptors (Lipinski definition) is 5. The average Bonchev–Trinajstić information content (AvgIpc) is 2.51. The molecule has 1 heterocycles. The second kappa shape index (κ2) is 3.46. The van der Waals surface area contributed by atoms with Gasteiger partial charge in [-0.3, -0.25) is 14.9 Å². The van der Waals surface area contributed by atoms with Gasteiger partial charge in [0.05, 0.1) is 17.0 Å². The molecule has 0 aromatic heterocycles. The van der Waals surface area contributed by atoms with Crippen molar-refractivity contribution < 1.29 is 9.72 Å². The second-order valence-electron chi connectivity index (χ2n) is 3.58. The fourth-order valence-electron chi connectivity index (χ4n) is 1.84. The predicted molar refractivity (Wildman–Crippen MR) is 56.6 cm³/mol. The number of rotatable bonds is 2. The monoisotopic (exact) mass is 222 g/mol. The SMILES string of the molecule is NC(=O)C1c2ccc([N+](=O)[O-])cc2NC1N. The summed E-state index contributed by atoms with van der Waals surface area (Å²) in [7, 11) is 0. The summed E-state index contributed by atoms with van der Waals surface area (Å²) in [5, 5.41) is 13.3. The van der Waals surface area contributed by atoms with E-state index in [1.807, 2.05) is 0 Å². The number of nitro groups is 1. The number of nitrogens with two attached hydrogens (primary N) is 2. The van der Waals surface area contributed by atoms with Gasteiger partial charge in [0.15, 0.2) is 0 Å². The lowest BCUT2D eigenvalue weighted by molar-refractivity contribution is -0.384. The maximum atomic E-state index is 11.2. The van der Waals surface area contributed by atoms with Gasteiger partial charge in [-0.1, -0.05) is 0 Å². The predicted octanol–water partition coefficient (Wildman–Crippen LogP) is -0.126. The van der Waals surface area contributed by atoms with Crippen LogP contribution in [0.1, 0.15) is 11.5 Å². The van der Waals surface area contributed by atoms with E-state index in [1.165, 1.54) is 18.2 Å². The summed E-state index contributed by atoms with van der Waals surface area (Å²) >= 11 is 0. The van der Waals surface area contributed by atoms with Crippen molar-refractivity contribution in [2.75, 3.05) is 5.32 Å². The molecule has 0 bridgehead atoms. The summed E-state index contributed by atoms with van der Waals surface area (Å²) in [6.07, 6.45) is -0.630. The van der Waals surface area contributed by atoms with Gasteiger partial charge in [0.25, 0.3) is 5.69 Å². The van der Waals surface area contributed by atoms with Crippen LogP contribution >= 0.6 is 0 Å². The van der Waals surface area contributed by atoms with Crippen LogP contribution in [0, 0.1) is 10.1 Å². The lowest BCUT2D eigenvalue weighted by Crippen LogP contribution is -2.37. The van der Waals surface area contributed by atoms with Crippen molar-refractivity contribution in [3.8, 4) is 0 Å². The third-order valence-electron chi connectivity index (χ3n) is 2.57. The summed E-state index contributed by atoms with van der Waals surface area (Å²) in [5.74, 6) is -1.19. The van der Waals surface area contributed by atoms with Crippen molar-refractivity contribution in [3.63, 3.8) is 0 Å². The van der Waals surface area contributed by atoms with E-state index < -0.39 is 22.9 Å². The summed E-state index contributed by atoms with van der Waals surface area (Å²) in [5.41, 5.74) is 11.9. The Labute approximate surface area is 90.6 Å². The minimum absolute atomic E-state index is 0.0522. The standard InChI is InChI=1S/C9H10N4O3/c10-8-7(9(11)14)5-2-1-4(13(15)16)3-6(5)12-8/h1-3,7-8,12H,10H2,(H2,11,14). The first-order valence-electron chi connectivity index (χ1n) is 4.60. The topological polar surface area (TPSA) is 124 Å². The van der Waals surface area contributed by atoms with Crippen molar-refractivity contribution >= 4 is 17.3 Å². The van der Waals surface area contributed by atoms with Gasteiger partial charge in [-0.05, 0) is 11.6 Å². The van der Waals surface area contributed by atoms with Crippen molar-refractivity contribution in [1.29, 1.82) is 0 Å². The summed E-state index contributed by atoms with van der Waals surface area (Å²) in [6, 6.07) is 4.18. The number of carbonyl (C=O) groups excluding carboxylic acids is 1. The average molecular weight is 222 g/mol. The minimum Gasteiger partial charge on any atom is -0.369 e. The first kappa shape index (κ1) is 10.4. The molecule has 0 aliphatic carbocycles. The number of fused-ring (bicyclic) bond motifs is 1. The van der Waals surface area contributed by atoms with Crippen LogP contribution in [-0.2, 0) is 4.79 Å². The number of primary amides is 1. The van der Waals surface area contributed by atoms with Crippen LogP contribution in [0.15, 0.2) is 18.2 Å². The van der Waals surface area contributed by atoms with Gasteiger partial charge in [-0.2, -0.15) is 0 Å². The van der Waals surface area contributed by atoms with E-state index in [-0.39, 0.29) is 5.69 Å². The number of carbonyl (C=O) groups is 1. The maximum Gasteiger partial charge on any atom is 0.271 e. The molecule has 0 spiro atoms. The van der Waals surface area contributed by atoms with Crippen molar-refractivity contribution in [2.45, 2.75) is 12.1 Å². The molecule has 1 aliphatic heterocycles. The van der Waals surface area contributed by atoms with Crippen molar-refractivity contribution in [2.24, 2.45) is 11.5 Å². The zero-order valence-corrected chi connectivity index (χ0v) is 8.21. The Morgan fingerprint density at radius 1 is 1.50 bits per heavy atom. The van der Waals surface area contributed by atoms with Crippen molar-refractivity contribution in [1.82, 2.24) is 0 Å². The zero-order chi connectivity index (χ0) is 11.9. The Morgan fingerprint density at radius 3 is 2.75 bits per heavy atom. The van der Waals surface area contributed by atoms with Gasteiger partial charge in [-0.15, -0.1) is 0 Å². The Bertz CT molecular complexity index is 474. The smallest absolute Gasteiger partial charge is 0.271 e. The van der Waals surface area contributed by atoms with E-state index in [2.05, 4.69) is 5.32 Å². The quantitative estimate of drug-likeness (QED) is 0.475. The highest BCUT2D eigenvalue weighted by Crippen LogP contribution is 2.36. The number of hydrogen-bond donors (Lipinski definition) is 3. The molecule has 16 heavy (non-hydrogen) atoms. The molecule has 2 unspecified atom stereocenters. The summed E-state index contributed by atoms with van der Waals surface area (Å²) in [4.78, 5) is 21.2. The number of nitrogens with one attached hydrogen (secondary N) is 1. The molecule has 2 atom stereocenters. The largest absolute Gasteiger partial charge is 0.369 e. The van der Waals surface area contributed by atoms with Gasteiger partial charge >= 0.3 is 0 Å². The summed E-state index contributed by atoms with van der Waals surface area (Å²) in [6.45, 7) is 0. The van der Waals surface area contributed by atoms with Gasteiger partial charge in [0, 0.05) is 17.8 Å². The van der Waals surface area contributed by atoms with Crippen LogP contribution in [0.2, 0.25) is 0 Å². The van der Waals surface area contributed by atoms with E-state index in [0.717, 1.165) is 0 Å². The normalized spacial score (nSPS) is 22.3. The lowest BCUT2D eigenvalue weighted by atomic mass is 9.98. The molecule has 84 valence electrons. The Hall–Kier alpha value is -2.15. The molecule has 1 amide bonds. The minimum atomic E-state index is -0.643. The molecule has 5 N–H and O–H groups in total. The van der Waals surface area contributed by atoms with Gasteiger partial charge < -0.3 is 16.8 Å². The highest BCUT2D eigenvalue weighted by molar-refractivity contribution is 5.88. The second-order valence-corrected chi connectivity index (χ2v) is 3.58. The number of non-ortho nitro benzene ring substituents is 1. The molecule has 7 nitrogen and oxygen atoms in total. The van der Waals surface area contributed by atoms with E-state index in [0.29, 0.717) is 11.3 Å². The van der Waals surface area contributed by atoms with Gasteiger partial charge in [-0.25, -0.2) is 0 Å². The van der Waals surface area contributed by atoms with E-state index >= 15 is 0 Å². The zero-order valence-electron chi connectivity index (χ0n) is 8.21. The molecule has 0 fully saturated rings. The Balaban J connectivity index is 2.46. The fraction of sp³-hybridized carbons (Fsp3) is 0.222. The van der Waals surface area contributed by atoms with Gasteiger partial charge in [0.2, 0.25) is 5.91 Å². The lowest BCUT2D eigenvalue weighted by Gasteiger charge is -2.11. The first-order valence-corrected chi connectivity index (χ1v) is 4.60. The van der Waals surface area contributed by atoms with Crippen LogP contribution < -0.4 is 16.8 Å². The summed E-state index contributed by atoms with van der Waals surface area (Å²) < 4.78 is 0. The molecule has 7 heteroatoms. The number of anilines is 1. The van der Waals surface area contributed by atoms with Crippen LogP contribution in [-0.4, -0.2) is 17.0 Å². The maximum absolute atomic E-state index is 11.2. The molecule has 0 saturated heterocycles. The van der Waals surface area contributed by atoms with Crippen molar-refractivity contribution in [3.05, 3.63) is 33.9 Å².